The molecule has 0 saturated carbocycles. The lowest BCUT2D eigenvalue weighted by Crippen LogP contribution is -2.28. The van der Waals surface area contributed by atoms with Crippen molar-refractivity contribution in [1.82, 2.24) is 5.32 Å². The van der Waals surface area contributed by atoms with E-state index in [1.54, 1.807) is 0 Å². The molecule has 2 aromatic carbocycles. The van der Waals surface area contributed by atoms with E-state index in [4.69, 9.17) is 4.74 Å². The number of ether oxygens (including phenoxy) is 1. The fourth-order valence-electron chi connectivity index (χ4n) is 2.83. The van der Waals surface area contributed by atoms with Crippen molar-refractivity contribution < 1.29 is 4.74 Å². The first-order chi connectivity index (χ1) is 10.4. The van der Waals surface area contributed by atoms with Crippen LogP contribution < -0.4 is 5.32 Å². The summed E-state index contributed by atoms with van der Waals surface area (Å²) < 4.78 is 5.51. The summed E-state index contributed by atoms with van der Waals surface area (Å²) in [5.41, 5.74) is 3.89. The minimum atomic E-state index is 0.683. The average Bonchev–Trinajstić information content (AvgIpc) is 2.57. The second-order valence-electron chi connectivity index (χ2n) is 5.78. The van der Waals surface area contributed by atoms with Gasteiger partial charge in [-0.2, -0.15) is 0 Å². The van der Waals surface area contributed by atoms with Gasteiger partial charge in [0.2, 0.25) is 0 Å². The summed E-state index contributed by atoms with van der Waals surface area (Å²) >= 11 is 0. The highest BCUT2D eigenvalue weighted by atomic mass is 16.5. The quantitative estimate of drug-likeness (QED) is 0.898. The Morgan fingerprint density at radius 2 is 1.71 bits per heavy atom. The van der Waals surface area contributed by atoms with Crippen molar-refractivity contribution in [2.24, 2.45) is 5.92 Å². The highest BCUT2D eigenvalue weighted by Crippen LogP contribution is 2.19. The van der Waals surface area contributed by atoms with Gasteiger partial charge in [-0.1, -0.05) is 54.6 Å². The van der Waals surface area contributed by atoms with Gasteiger partial charge >= 0.3 is 0 Å². The van der Waals surface area contributed by atoms with Crippen LogP contribution in [0.2, 0.25) is 0 Å². The molecule has 0 spiro atoms. The van der Waals surface area contributed by atoms with Crippen LogP contribution in [0.4, 0.5) is 0 Å². The maximum absolute atomic E-state index is 5.51. The predicted octanol–water partition coefficient (Wildman–Crippen LogP) is 3.87. The third kappa shape index (κ3) is 4.16. The molecule has 2 heteroatoms. The van der Waals surface area contributed by atoms with Crippen molar-refractivity contribution in [3.63, 3.8) is 0 Å². The van der Waals surface area contributed by atoms with Gasteiger partial charge in [0, 0.05) is 19.7 Å². The Morgan fingerprint density at radius 3 is 2.43 bits per heavy atom. The van der Waals surface area contributed by atoms with Crippen molar-refractivity contribution in [2.75, 3.05) is 19.8 Å². The van der Waals surface area contributed by atoms with Gasteiger partial charge in [-0.05, 0) is 35.4 Å². The van der Waals surface area contributed by atoms with Gasteiger partial charge in [0.05, 0.1) is 6.61 Å². The Labute approximate surface area is 127 Å². The zero-order chi connectivity index (χ0) is 14.3. The van der Waals surface area contributed by atoms with Gasteiger partial charge < -0.3 is 10.1 Å². The van der Waals surface area contributed by atoms with Gasteiger partial charge in [0.15, 0.2) is 0 Å². The van der Waals surface area contributed by atoms with E-state index in [1.165, 1.54) is 29.5 Å². The van der Waals surface area contributed by atoms with E-state index in [1.807, 2.05) is 0 Å². The zero-order valence-corrected chi connectivity index (χ0v) is 12.4. The van der Waals surface area contributed by atoms with Crippen molar-refractivity contribution >= 4 is 0 Å². The van der Waals surface area contributed by atoms with Gasteiger partial charge in [-0.3, -0.25) is 0 Å². The lowest BCUT2D eigenvalue weighted by molar-refractivity contribution is 0.0547. The summed E-state index contributed by atoms with van der Waals surface area (Å²) in [4.78, 5) is 0. The van der Waals surface area contributed by atoms with Crippen LogP contribution in [0.5, 0.6) is 0 Å². The summed E-state index contributed by atoms with van der Waals surface area (Å²) in [5.74, 6) is 0.683. The molecule has 1 atom stereocenters. The first-order valence-corrected chi connectivity index (χ1v) is 7.84. The van der Waals surface area contributed by atoms with E-state index >= 15 is 0 Å². The van der Waals surface area contributed by atoms with E-state index in [9.17, 15) is 0 Å². The highest BCUT2D eigenvalue weighted by molar-refractivity contribution is 5.63. The Bertz CT molecular complexity index is 529. The molecule has 1 fully saturated rings. The topological polar surface area (TPSA) is 21.3 Å². The van der Waals surface area contributed by atoms with Gasteiger partial charge in [0.25, 0.3) is 0 Å². The molecule has 0 radical (unpaired) electrons. The summed E-state index contributed by atoms with van der Waals surface area (Å²) in [6.45, 7) is 3.85. The number of benzene rings is 2. The summed E-state index contributed by atoms with van der Waals surface area (Å²) in [5, 5.41) is 3.55. The maximum atomic E-state index is 5.51. The van der Waals surface area contributed by atoms with Crippen LogP contribution >= 0.6 is 0 Å². The molecule has 0 aromatic heterocycles. The van der Waals surface area contributed by atoms with Crippen LogP contribution in [0.25, 0.3) is 11.1 Å². The molecule has 110 valence electrons. The molecule has 1 N–H and O–H groups in total. The van der Waals surface area contributed by atoms with Gasteiger partial charge in [-0.25, -0.2) is 0 Å². The van der Waals surface area contributed by atoms with Crippen molar-refractivity contribution in [3.8, 4) is 11.1 Å². The first-order valence-electron chi connectivity index (χ1n) is 7.84. The molecule has 3 rings (SSSR count). The van der Waals surface area contributed by atoms with Crippen LogP contribution in [0.15, 0.2) is 54.6 Å². The molecular formula is C19H23NO. The molecule has 0 amide bonds. The smallest absolute Gasteiger partial charge is 0.0506 e. The van der Waals surface area contributed by atoms with Crippen LogP contribution in [-0.4, -0.2) is 19.8 Å². The summed E-state index contributed by atoms with van der Waals surface area (Å²) in [6.07, 6.45) is 2.50. The van der Waals surface area contributed by atoms with Crippen molar-refractivity contribution in [3.05, 3.63) is 60.2 Å². The van der Waals surface area contributed by atoms with Crippen LogP contribution in [0, 0.1) is 5.92 Å². The normalized spacial score (nSPS) is 18.6. The third-order valence-electron chi connectivity index (χ3n) is 4.08. The maximum Gasteiger partial charge on any atom is 0.0506 e. The van der Waals surface area contributed by atoms with E-state index in [0.717, 1.165) is 26.3 Å². The number of hydrogen-bond acceptors (Lipinski definition) is 2. The van der Waals surface area contributed by atoms with E-state index < -0.39 is 0 Å². The lowest BCUT2D eigenvalue weighted by Gasteiger charge is -2.22. The largest absolute Gasteiger partial charge is 0.381 e. The molecular weight excluding hydrogens is 258 g/mol. The number of rotatable bonds is 5. The van der Waals surface area contributed by atoms with E-state index in [2.05, 4.69) is 59.9 Å². The molecule has 21 heavy (non-hydrogen) atoms. The second kappa shape index (κ2) is 7.39. The summed E-state index contributed by atoms with van der Waals surface area (Å²) in [7, 11) is 0. The molecule has 1 heterocycles. The minimum absolute atomic E-state index is 0.683. The first kappa shape index (κ1) is 14.3. The highest BCUT2D eigenvalue weighted by Gasteiger charge is 2.12. The molecule has 2 nitrogen and oxygen atoms in total. The lowest BCUT2D eigenvalue weighted by atomic mass is 10.0. The molecule has 0 bridgehead atoms. The fourth-order valence-corrected chi connectivity index (χ4v) is 2.83. The van der Waals surface area contributed by atoms with Crippen LogP contribution in [0.3, 0.4) is 0 Å². The average molecular weight is 281 g/mol. The molecule has 1 saturated heterocycles. The SMILES string of the molecule is c1ccc(-c2ccc(CNCC3CCCOC3)cc2)cc1. The van der Waals surface area contributed by atoms with Crippen molar-refractivity contribution in [1.29, 1.82) is 0 Å². The van der Waals surface area contributed by atoms with Gasteiger partial charge in [0.1, 0.15) is 0 Å². The molecule has 2 aromatic rings. The second-order valence-corrected chi connectivity index (χ2v) is 5.78. The minimum Gasteiger partial charge on any atom is -0.381 e. The standard InChI is InChI=1S/C19H23NO/c1-2-6-18(7-3-1)19-10-8-16(9-11-19)13-20-14-17-5-4-12-21-15-17/h1-3,6-11,17,20H,4-5,12-15H2. The predicted molar refractivity (Wildman–Crippen MR) is 87.1 cm³/mol. The monoisotopic (exact) mass is 281 g/mol. The summed E-state index contributed by atoms with van der Waals surface area (Å²) in [6, 6.07) is 19.4. The molecule has 1 unspecified atom stereocenters. The van der Waals surface area contributed by atoms with Crippen LogP contribution in [-0.2, 0) is 11.3 Å². The Kier molecular flexibility index (Phi) is 5.03. The number of nitrogens with one attached hydrogen (secondary N) is 1. The van der Waals surface area contributed by atoms with Gasteiger partial charge in [-0.15, -0.1) is 0 Å². The third-order valence-corrected chi connectivity index (χ3v) is 4.08. The Balaban J connectivity index is 1.50. The zero-order valence-electron chi connectivity index (χ0n) is 12.4. The Morgan fingerprint density at radius 1 is 0.952 bits per heavy atom. The molecule has 1 aliphatic rings. The molecule has 1 aliphatic heterocycles. The fraction of sp³-hybridized carbons (Fsp3) is 0.368. The van der Waals surface area contributed by atoms with E-state index in [-0.39, 0.29) is 0 Å². The van der Waals surface area contributed by atoms with Crippen molar-refractivity contribution in [2.45, 2.75) is 19.4 Å². The molecule has 0 aliphatic carbocycles. The Hall–Kier alpha value is -1.64. The number of hydrogen-bond donors (Lipinski definition) is 1. The van der Waals surface area contributed by atoms with E-state index in [0.29, 0.717) is 5.92 Å². The van der Waals surface area contributed by atoms with Crippen LogP contribution in [0.1, 0.15) is 18.4 Å².